The molecule has 0 aromatic carbocycles. The molecular weight excluding hydrogens is 172 g/mol. The third-order valence-corrected chi connectivity index (χ3v) is 1.78. The molecule has 0 N–H and O–H groups in total. The van der Waals surface area contributed by atoms with E-state index in [1.807, 2.05) is 0 Å². The summed E-state index contributed by atoms with van der Waals surface area (Å²) in [6, 6.07) is 0. The van der Waals surface area contributed by atoms with Gasteiger partial charge in [-0.1, -0.05) is 0 Å². The molecule has 0 amide bonds. The molecule has 0 saturated carbocycles. The zero-order valence-corrected chi connectivity index (χ0v) is 7.49. The monoisotopic (exact) mass is 182 g/mol. The van der Waals surface area contributed by atoms with Crippen LogP contribution in [0.25, 0.3) is 0 Å². The molecule has 0 spiro atoms. The Morgan fingerprint density at radius 3 is 2.54 bits per heavy atom. The zero-order valence-electron chi connectivity index (χ0n) is 7.49. The average Bonchev–Trinajstić information content (AvgIpc) is 2.16. The maximum absolute atomic E-state index is 11.1. The molecular formula is C9H10O4. The third-order valence-electron chi connectivity index (χ3n) is 1.78. The third kappa shape index (κ3) is 1.77. The molecule has 70 valence electrons. The van der Waals surface area contributed by atoms with Gasteiger partial charge in [0.25, 0.3) is 0 Å². The first-order valence-electron chi connectivity index (χ1n) is 3.74. The van der Waals surface area contributed by atoms with Crippen LogP contribution in [-0.4, -0.2) is 26.3 Å². The van der Waals surface area contributed by atoms with Gasteiger partial charge in [-0.3, -0.25) is 9.59 Å². The fourth-order valence-electron chi connectivity index (χ4n) is 1.14. The number of rotatable bonds is 3. The Hall–Kier alpha value is -1.58. The van der Waals surface area contributed by atoms with Crippen molar-refractivity contribution in [3.63, 3.8) is 0 Å². The van der Waals surface area contributed by atoms with E-state index in [0.29, 0.717) is 17.6 Å². The van der Waals surface area contributed by atoms with Gasteiger partial charge in [-0.05, 0) is 0 Å². The van der Waals surface area contributed by atoms with E-state index in [1.54, 1.807) is 0 Å². The van der Waals surface area contributed by atoms with Crippen molar-refractivity contribution in [3.8, 4) is 0 Å². The largest absolute Gasteiger partial charge is 0.500 e. The minimum absolute atomic E-state index is 0.122. The maximum Gasteiger partial charge on any atom is 0.166 e. The highest BCUT2D eigenvalue weighted by atomic mass is 16.5. The van der Waals surface area contributed by atoms with Crippen LogP contribution in [-0.2, 0) is 19.1 Å². The van der Waals surface area contributed by atoms with Gasteiger partial charge in [-0.15, -0.1) is 0 Å². The van der Waals surface area contributed by atoms with Crippen molar-refractivity contribution in [2.24, 2.45) is 0 Å². The molecule has 1 aliphatic carbocycles. The summed E-state index contributed by atoms with van der Waals surface area (Å²) in [4.78, 5) is 21.7. The van der Waals surface area contributed by atoms with E-state index in [0.717, 1.165) is 0 Å². The summed E-state index contributed by atoms with van der Waals surface area (Å²) in [5, 5.41) is 0. The molecule has 0 aromatic heterocycles. The number of carbonyl (C=O) groups excluding carboxylic acids is 2. The Kier molecular flexibility index (Phi) is 2.84. The van der Waals surface area contributed by atoms with Crippen molar-refractivity contribution in [2.75, 3.05) is 14.2 Å². The van der Waals surface area contributed by atoms with Gasteiger partial charge in [0.2, 0.25) is 0 Å². The van der Waals surface area contributed by atoms with Crippen molar-refractivity contribution in [2.45, 2.75) is 6.42 Å². The van der Waals surface area contributed by atoms with E-state index < -0.39 is 0 Å². The molecule has 1 aliphatic rings. The first kappa shape index (κ1) is 9.51. The second kappa shape index (κ2) is 3.89. The van der Waals surface area contributed by atoms with Crippen LogP contribution in [0.2, 0.25) is 0 Å². The Morgan fingerprint density at radius 1 is 1.38 bits per heavy atom. The number of carbonyl (C=O) groups is 2. The molecule has 0 bridgehead atoms. The number of ether oxygens (including phenoxy) is 2. The van der Waals surface area contributed by atoms with Crippen molar-refractivity contribution >= 4 is 12.1 Å². The van der Waals surface area contributed by atoms with Gasteiger partial charge in [0, 0.05) is 6.08 Å². The molecule has 0 unspecified atom stereocenters. The lowest BCUT2D eigenvalue weighted by Crippen LogP contribution is -2.12. The predicted molar refractivity (Wildman–Crippen MR) is 44.8 cm³/mol. The van der Waals surface area contributed by atoms with Crippen molar-refractivity contribution in [1.29, 1.82) is 0 Å². The standard InChI is InChI=1S/C9H10O4/c1-12-8-3-6(11)4-9(13-2)7(8)5-10/h3,5H,4H2,1-2H3. The summed E-state index contributed by atoms with van der Waals surface area (Å²) in [6.45, 7) is 0. The van der Waals surface area contributed by atoms with Crippen molar-refractivity contribution in [3.05, 3.63) is 23.2 Å². The number of methoxy groups -OCH3 is 2. The first-order chi connectivity index (χ1) is 6.22. The highest BCUT2D eigenvalue weighted by molar-refractivity contribution is 5.98. The van der Waals surface area contributed by atoms with Gasteiger partial charge in [0.15, 0.2) is 12.1 Å². The van der Waals surface area contributed by atoms with Crippen LogP contribution in [0.5, 0.6) is 0 Å². The van der Waals surface area contributed by atoms with Crippen molar-refractivity contribution in [1.82, 2.24) is 0 Å². The van der Waals surface area contributed by atoms with Crippen LogP contribution >= 0.6 is 0 Å². The van der Waals surface area contributed by atoms with Crippen LogP contribution in [0, 0.1) is 0 Å². The van der Waals surface area contributed by atoms with E-state index in [-0.39, 0.29) is 18.0 Å². The molecule has 0 saturated heterocycles. The lowest BCUT2D eigenvalue weighted by molar-refractivity contribution is -0.114. The van der Waals surface area contributed by atoms with Gasteiger partial charge in [0.1, 0.15) is 11.5 Å². The van der Waals surface area contributed by atoms with Gasteiger partial charge < -0.3 is 9.47 Å². The average molecular weight is 182 g/mol. The number of hydrogen-bond donors (Lipinski definition) is 0. The second-order valence-corrected chi connectivity index (χ2v) is 2.51. The zero-order chi connectivity index (χ0) is 9.84. The Morgan fingerprint density at radius 2 is 2.08 bits per heavy atom. The fraction of sp³-hybridized carbons (Fsp3) is 0.333. The number of allylic oxidation sites excluding steroid dienone is 3. The molecule has 13 heavy (non-hydrogen) atoms. The molecule has 4 heteroatoms. The minimum atomic E-state index is -0.126. The van der Waals surface area contributed by atoms with Crippen LogP contribution in [0.1, 0.15) is 6.42 Å². The summed E-state index contributed by atoms with van der Waals surface area (Å²) in [6.07, 6.45) is 2.05. The van der Waals surface area contributed by atoms with E-state index in [1.165, 1.54) is 20.3 Å². The SMILES string of the molecule is COC1=CC(=O)CC(OC)=C1C=O. The summed E-state index contributed by atoms with van der Waals surface area (Å²) >= 11 is 0. The lowest BCUT2D eigenvalue weighted by Gasteiger charge is -2.15. The Balaban J connectivity index is 3.11. The van der Waals surface area contributed by atoms with E-state index in [2.05, 4.69) is 0 Å². The summed E-state index contributed by atoms with van der Waals surface area (Å²) in [5.41, 5.74) is 0.310. The molecule has 0 aliphatic heterocycles. The number of aldehydes is 1. The van der Waals surface area contributed by atoms with Crippen LogP contribution in [0.3, 0.4) is 0 Å². The smallest absolute Gasteiger partial charge is 0.166 e. The summed E-state index contributed by atoms with van der Waals surface area (Å²) < 4.78 is 9.77. The van der Waals surface area contributed by atoms with Gasteiger partial charge in [-0.2, -0.15) is 0 Å². The Bertz CT molecular complexity index is 299. The van der Waals surface area contributed by atoms with E-state index >= 15 is 0 Å². The second-order valence-electron chi connectivity index (χ2n) is 2.51. The van der Waals surface area contributed by atoms with Crippen molar-refractivity contribution < 1.29 is 19.1 Å². The fourth-order valence-corrected chi connectivity index (χ4v) is 1.14. The normalized spacial score (nSPS) is 16.8. The molecule has 0 radical (unpaired) electrons. The van der Waals surface area contributed by atoms with Gasteiger partial charge >= 0.3 is 0 Å². The van der Waals surface area contributed by atoms with Crippen LogP contribution in [0.15, 0.2) is 23.2 Å². The molecule has 1 rings (SSSR count). The molecule has 0 aromatic rings. The highest BCUT2D eigenvalue weighted by Gasteiger charge is 2.21. The molecule has 0 heterocycles. The van der Waals surface area contributed by atoms with Crippen LogP contribution in [0.4, 0.5) is 0 Å². The van der Waals surface area contributed by atoms with Gasteiger partial charge in [-0.25, -0.2) is 0 Å². The summed E-state index contributed by atoms with van der Waals surface area (Å²) in [7, 11) is 2.83. The maximum atomic E-state index is 11.1. The quantitative estimate of drug-likeness (QED) is 0.599. The molecule has 4 nitrogen and oxygen atoms in total. The first-order valence-corrected chi connectivity index (χ1v) is 3.74. The highest BCUT2D eigenvalue weighted by Crippen LogP contribution is 2.22. The molecule has 0 fully saturated rings. The topological polar surface area (TPSA) is 52.6 Å². The predicted octanol–water partition coefficient (Wildman–Crippen LogP) is 0.589. The van der Waals surface area contributed by atoms with E-state index in [4.69, 9.17) is 9.47 Å². The lowest BCUT2D eigenvalue weighted by atomic mass is 10.0. The number of ketones is 1. The Labute approximate surface area is 75.8 Å². The van der Waals surface area contributed by atoms with Gasteiger partial charge in [0.05, 0.1) is 26.2 Å². The van der Waals surface area contributed by atoms with E-state index in [9.17, 15) is 9.59 Å². The number of hydrogen-bond acceptors (Lipinski definition) is 4. The van der Waals surface area contributed by atoms with Crippen LogP contribution < -0.4 is 0 Å². The molecule has 0 atom stereocenters. The minimum Gasteiger partial charge on any atom is -0.500 e. The summed E-state index contributed by atoms with van der Waals surface area (Å²) in [5.74, 6) is 0.502.